The first-order valence-corrected chi connectivity index (χ1v) is 9.20. The van der Waals surface area contributed by atoms with Crippen molar-refractivity contribution in [2.45, 2.75) is 25.0 Å². The van der Waals surface area contributed by atoms with Gasteiger partial charge in [-0.2, -0.15) is 0 Å². The van der Waals surface area contributed by atoms with Crippen molar-refractivity contribution in [3.63, 3.8) is 0 Å². The third kappa shape index (κ3) is 3.95. The van der Waals surface area contributed by atoms with Gasteiger partial charge in [-0.15, -0.1) is 0 Å². The van der Waals surface area contributed by atoms with Gasteiger partial charge in [0, 0.05) is 5.02 Å². The third-order valence-electron chi connectivity index (χ3n) is 4.69. The zero-order chi connectivity index (χ0) is 20.3. The molecule has 0 aliphatic carbocycles. The summed E-state index contributed by atoms with van der Waals surface area (Å²) < 4.78 is 18.7. The number of ether oxygens (including phenoxy) is 1. The highest BCUT2D eigenvalue weighted by atomic mass is 35.5. The molecule has 0 aromatic heterocycles. The summed E-state index contributed by atoms with van der Waals surface area (Å²) in [6.45, 7) is 1.43. The van der Waals surface area contributed by atoms with Crippen LogP contribution in [0, 0.1) is 5.82 Å². The zero-order valence-corrected chi connectivity index (χ0v) is 15.9. The molecule has 1 fully saturated rings. The summed E-state index contributed by atoms with van der Waals surface area (Å²) in [5, 5.41) is 13.5. The monoisotopic (exact) mass is 406 g/mol. The maximum absolute atomic E-state index is 13.2. The van der Waals surface area contributed by atoms with Crippen LogP contribution < -0.4 is 10.1 Å². The molecule has 0 bridgehead atoms. The minimum atomic E-state index is -1.28. The highest BCUT2D eigenvalue weighted by Gasteiger charge is 2.51. The first-order valence-electron chi connectivity index (χ1n) is 8.82. The predicted octanol–water partition coefficient (Wildman–Crippen LogP) is 3.08. The van der Waals surface area contributed by atoms with Crippen molar-refractivity contribution in [3.05, 3.63) is 64.9 Å². The second-order valence-corrected chi connectivity index (χ2v) is 6.97. The van der Waals surface area contributed by atoms with Crippen molar-refractivity contribution in [2.24, 2.45) is 0 Å². The molecule has 2 aromatic carbocycles. The second kappa shape index (κ2) is 8.16. The second-order valence-electron chi connectivity index (χ2n) is 6.53. The summed E-state index contributed by atoms with van der Waals surface area (Å²) in [5.74, 6) is -0.412. The average Bonchev–Trinajstić information content (AvgIpc) is 2.93. The van der Waals surface area contributed by atoms with Gasteiger partial charge in [0.15, 0.2) is 0 Å². The molecule has 1 aliphatic heterocycles. The van der Waals surface area contributed by atoms with E-state index in [1.165, 1.54) is 24.3 Å². The summed E-state index contributed by atoms with van der Waals surface area (Å²) in [4.78, 5) is 26.3. The molecule has 2 N–H and O–H groups in total. The molecule has 0 saturated carbocycles. The molecule has 1 saturated heterocycles. The number of hydrogen-bond donors (Lipinski definition) is 2. The van der Waals surface area contributed by atoms with Crippen LogP contribution in [0.1, 0.15) is 18.9 Å². The van der Waals surface area contributed by atoms with Crippen LogP contribution in [0.5, 0.6) is 5.75 Å². The van der Waals surface area contributed by atoms with Crippen LogP contribution >= 0.6 is 11.6 Å². The number of urea groups is 1. The number of amides is 3. The van der Waals surface area contributed by atoms with Crippen molar-refractivity contribution in [1.82, 2.24) is 10.2 Å². The standard InChI is InChI=1S/C20H20ClFN2O4/c1-2-20(13-3-7-15(22)8-4-13)18(26)24(19(27)23-20)11-16(25)12-28-17-9-5-14(21)6-10-17/h3-10,16,25H,2,11-12H2,1H3,(H,23,27). The van der Waals surface area contributed by atoms with Gasteiger partial charge in [0.1, 0.15) is 29.8 Å². The van der Waals surface area contributed by atoms with Crippen molar-refractivity contribution >= 4 is 23.5 Å². The Balaban J connectivity index is 1.68. The van der Waals surface area contributed by atoms with Crippen LogP contribution in [0.15, 0.2) is 48.5 Å². The van der Waals surface area contributed by atoms with Crippen molar-refractivity contribution in [2.75, 3.05) is 13.2 Å². The number of benzene rings is 2. The van der Waals surface area contributed by atoms with E-state index in [4.69, 9.17) is 16.3 Å². The van der Waals surface area contributed by atoms with Crippen LogP contribution in [0.3, 0.4) is 0 Å². The molecule has 28 heavy (non-hydrogen) atoms. The van der Waals surface area contributed by atoms with Gasteiger partial charge in [0.25, 0.3) is 5.91 Å². The minimum Gasteiger partial charge on any atom is -0.491 e. The molecule has 0 spiro atoms. The number of hydrogen-bond acceptors (Lipinski definition) is 4. The Morgan fingerprint density at radius 2 is 1.82 bits per heavy atom. The maximum Gasteiger partial charge on any atom is 0.325 e. The highest BCUT2D eigenvalue weighted by molar-refractivity contribution is 6.30. The third-order valence-corrected chi connectivity index (χ3v) is 4.94. The van der Waals surface area contributed by atoms with E-state index < -0.39 is 29.4 Å². The Kier molecular flexibility index (Phi) is 5.86. The molecular formula is C20H20ClFN2O4. The molecule has 148 valence electrons. The Hall–Kier alpha value is -2.64. The number of aliphatic hydroxyl groups is 1. The first-order chi connectivity index (χ1) is 13.4. The largest absolute Gasteiger partial charge is 0.491 e. The van der Waals surface area contributed by atoms with Gasteiger partial charge in [-0.3, -0.25) is 9.69 Å². The van der Waals surface area contributed by atoms with E-state index in [2.05, 4.69) is 5.32 Å². The Bertz CT molecular complexity index is 860. The molecule has 0 radical (unpaired) electrons. The topological polar surface area (TPSA) is 78.9 Å². The molecule has 6 nitrogen and oxygen atoms in total. The highest BCUT2D eigenvalue weighted by Crippen LogP contribution is 2.32. The van der Waals surface area contributed by atoms with Crippen molar-refractivity contribution in [3.8, 4) is 5.75 Å². The fourth-order valence-corrected chi connectivity index (χ4v) is 3.28. The quantitative estimate of drug-likeness (QED) is 0.692. The smallest absolute Gasteiger partial charge is 0.325 e. The Morgan fingerprint density at radius 3 is 2.43 bits per heavy atom. The average molecular weight is 407 g/mol. The van der Waals surface area contributed by atoms with Crippen LogP contribution in [-0.2, 0) is 10.3 Å². The Morgan fingerprint density at radius 1 is 1.18 bits per heavy atom. The van der Waals surface area contributed by atoms with E-state index in [-0.39, 0.29) is 19.6 Å². The summed E-state index contributed by atoms with van der Waals surface area (Å²) in [6.07, 6.45) is -0.789. The molecule has 1 aliphatic rings. The fourth-order valence-electron chi connectivity index (χ4n) is 3.15. The maximum atomic E-state index is 13.2. The van der Waals surface area contributed by atoms with E-state index in [1.54, 1.807) is 31.2 Å². The summed E-state index contributed by atoms with van der Waals surface area (Å²) in [6, 6.07) is 11.4. The summed E-state index contributed by atoms with van der Waals surface area (Å²) in [7, 11) is 0. The number of carbonyl (C=O) groups excluding carboxylic acids is 2. The van der Waals surface area contributed by atoms with Crippen LogP contribution in [0.25, 0.3) is 0 Å². The lowest BCUT2D eigenvalue weighted by Gasteiger charge is -2.26. The van der Waals surface area contributed by atoms with E-state index in [0.29, 0.717) is 16.3 Å². The number of halogens is 2. The molecule has 2 unspecified atom stereocenters. The SMILES string of the molecule is CCC1(c2ccc(F)cc2)NC(=O)N(CC(O)COc2ccc(Cl)cc2)C1=O. The molecule has 8 heteroatoms. The number of nitrogens with one attached hydrogen (secondary N) is 1. The zero-order valence-electron chi connectivity index (χ0n) is 15.2. The number of imide groups is 1. The van der Waals surface area contributed by atoms with Crippen molar-refractivity contribution in [1.29, 1.82) is 0 Å². The first kappa shape index (κ1) is 20.1. The lowest BCUT2D eigenvalue weighted by atomic mass is 9.87. The van der Waals surface area contributed by atoms with Crippen LogP contribution in [0.2, 0.25) is 5.02 Å². The number of aliphatic hydroxyl groups excluding tert-OH is 1. The van der Waals surface area contributed by atoms with E-state index in [1.807, 2.05) is 0 Å². The molecule has 3 rings (SSSR count). The molecule has 3 amide bonds. The normalized spacial score (nSPS) is 20.2. The van der Waals surface area contributed by atoms with Crippen LogP contribution in [-0.4, -0.2) is 41.2 Å². The van der Waals surface area contributed by atoms with E-state index in [0.717, 1.165) is 4.90 Å². The van der Waals surface area contributed by atoms with Gasteiger partial charge in [0.05, 0.1) is 6.54 Å². The van der Waals surface area contributed by atoms with Gasteiger partial charge in [-0.05, 0) is 48.4 Å². The molecular weight excluding hydrogens is 387 g/mol. The molecule has 2 aromatic rings. The predicted molar refractivity (Wildman–Crippen MR) is 102 cm³/mol. The lowest BCUT2D eigenvalue weighted by molar-refractivity contribution is -0.132. The Labute approximate surface area is 166 Å². The van der Waals surface area contributed by atoms with E-state index in [9.17, 15) is 19.1 Å². The minimum absolute atomic E-state index is 0.103. The molecule has 2 atom stereocenters. The number of rotatable bonds is 7. The van der Waals surface area contributed by atoms with Gasteiger partial charge >= 0.3 is 6.03 Å². The van der Waals surface area contributed by atoms with Crippen LogP contribution in [0.4, 0.5) is 9.18 Å². The number of β-amino-alcohol motifs (C(OH)–C–C–N with tert-alkyl or cyclic N) is 1. The van der Waals surface area contributed by atoms with E-state index >= 15 is 0 Å². The number of nitrogens with zero attached hydrogens (tertiary/aromatic N) is 1. The summed E-state index contributed by atoms with van der Waals surface area (Å²) in [5.41, 5.74) is -0.786. The summed E-state index contributed by atoms with van der Waals surface area (Å²) >= 11 is 5.81. The fraction of sp³-hybridized carbons (Fsp3) is 0.300. The van der Waals surface area contributed by atoms with Gasteiger partial charge in [-0.1, -0.05) is 30.7 Å². The van der Waals surface area contributed by atoms with Gasteiger partial charge in [-0.25, -0.2) is 9.18 Å². The molecule has 1 heterocycles. The number of carbonyl (C=O) groups is 2. The van der Waals surface area contributed by atoms with Gasteiger partial charge < -0.3 is 15.2 Å². The van der Waals surface area contributed by atoms with Gasteiger partial charge in [0.2, 0.25) is 0 Å². The van der Waals surface area contributed by atoms with Crippen molar-refractivity contribution < 1.29 is 23.8 Å². The lowest BCUT2D eigenvalue weighted by Crippen LogP contribution is -2.44.